The van der Waals surface area contributed by atoms with E-state index in [4.69, 9.17) is 9.47 Å². The predicted octanol–water partition coefficient (Wildman–Crippen LogP) is 2.69. The summed E-state index contributed by atoms with van der Waals surface area (Å²) in [5.74, 6) is -1.47. The number of rotatable bonds is 4. The SMILES string of the molecule is CCCOC(=O)[C@H]1[C@H]2C=C[C@@]3(CN(c4ccccc4Br)C(=O)[C@@H]13)O2. The van der Waals surface area contributed by atoms with Crippen molar-refractivity contribution in [3.63, 3.8) is 0 Å². The molecule has 2 saturated heterocycles. The zero-order chi connectivity index (χ0) is 16.9. The Morgan fingerprint density at radius 1 is 1.46 bits per heavy atom. The van der Waals surface area contributed by atoms with Crippen LogP contribution in [0.4, 0.5) is 5.69 Å². The predicted molar refractivity (Wildman–Crippen MR) is 91.5 cm³/mol. The maximum absolute atomic E-state index is 13.1. The molecule has 4 atom stereocenters. The lowest BCUT2D eigenvalue weighted by Gasteiger charge is -2.22. The zero-order valence-electron chi connectivity index (χ0n) is 13.3. The van der Waals surface area contributed by atoms with Crippen LogP contribution < -0.4 is 4.90 Å². The van der Waals surface area contributed by atoms with E-state index in [1.165, 1.54) is 0 Å². The lowest BCUT2D eigenvalue weighted by molar-refractivity contribution is -0.152. The van der Waals surface area contributed by atoms with Gasteiger partial charge in [0.25, 0.3) is 0 Å². The smallest absolute Gasteiger partial charge is 0.312 e. The minimum Gasteiger partial charge on any atom is -0.465 e. The summed E-state index contributed by atoms with van der Waals surface area (Å²) in [6, 6.07) is 7.58. The molecule has 1 aromatic carbocycles. The van der Waals surface area contributed by atoms with Gasteiger partial charge in [-0.3, -0.25) is 9.59 Å². The fraction of sp³-hybridized carbons (Fsp3) is 0.444. The summed E-state index contributed by atoms with van der Waals surface area (Å²) < 4.78 is 12.2. The van der Waals surface area contributed by atoms with Crippen molar-refractivity contribution in [2.75, 3.05) is 18.1 Å². The Morgan fingerprint density at radius 2 is 2.25 bits per heavy atom. The molecular weight excluding hydrogens is 374 g/mol. The number of ether oxygens (including phenoxy) is 2. The van der Waals surface area contributed by atoms with Gasteiger partial charge in [-0.25, -0.2) is 0 Å². The highest BCUT2D eigenvalue weighted by molar-refractivity contribution is 9.10. The van der Waals surface area contributed by atoms with Crippen molar-refractivity contribution in [1.82, 2.24) is 0 Å². The maximum Gasteiger partial charge on any atom is 0.312 e. The molecule has 0 N–H and O–H groups in total. The van der Waals surface area contributed by atoms with Crippen LogP contribution in [0.3, 0.4) is 0 Å². The van der Waals surface area contributed by atoms with E-state index in [-0.39, 0.29) is 18.0 Å². The Hall–Kier alpha value is -1.66. The highest BCUT2D eigenvalue weighted by atomic mass is 79.9. The molecule has 0 saturated carbocycles. The summed E-state index contributed by atoms with van der Waals surface area (Å²) >= 11 is 3.50. The van der Waals surface area contributed by atoms with Gasteiger partial charge in [0.2, 0.25) is 5.91 Å². The van der Waals surface area contributed by atoms with E-state index in [2.05, 4.69) is 15.9 Å². The first-order valence-corrected chi connectivity index (χ1v) is 8.96. The van der Waals surface area contributed by atoms with Gasteiger partial charge in [0.15, 0.2) is 0 Å². The van der Waals surface area contributed by atoms with E-state index in [1.54, 1.807) is 4.90 Å². The van der Waals surface area contributed by atoms with Crippen molar-refractivity contribution in [2.45, 2.75) is 25.0 Å². The third-order valence-corrected chi connectivity index (χ3v) is 5.63. The Balaban J connectivity index is 1.67. The Kier molecular flexibility index (Phi) is 3.77. The number of halogens is 1. The fourth-order valence-corrected chi connectivity index (χ4v) is 4.44. The molecule has 6 heteroatoms. The molecule has 0 aliphatic carbocycles. The number of fused-ring (bicyclic) bond motifs is 1. The topological polar surface area (TPSA) is 55.8 Å². The largest absolute Gasteiger partial charge is 0.465 e. The highest BCUT2D eigenvalue weighted by Gasteiger charge is 2.67. The Labute approximate surface area is 148 Å². The molecule has 3 aliphatic heterocycles. The van der Waals surface area contributed by atoms with Crippen LogP contribution in [0.5, 0.6) is 0 Å². The number of para-hydroxylation sites is 1. The molecule has 2 fully saturated rings. The van der Waals surface area contributed by atoms with Gasteiger partial charge in [-0.15, -0.1) is 0 Å². The van der Waals surface area contributed by atoms with Gasteiger partial charge >= 0.3 is 5.97 Å². The van der Waals surface area contributed by atoms with E-state index in [1.807, 2.05) is 43.3 Å². The van der Waals surface area contributed by atoms with E-state index < -0.39 is 17.4 Å². The van der Waals surface area contributed by atoms with E-state index in [0.717, 1.165) is 16.6 Å². The van der Waals surface area contributed by atoms with Crippen molar-refractivity contribution in [3.8, 4) is 0 Å². The molecule has 0 radical (unpaired) electrons. The van der Waals surface area contributed by atoms with Crippen LogP contribution in [-0.4, -0.2) is 36.7 Å². The van der Waals surface area contributed by atoms with E-state index in [9.17, 15) is 9.59 Å². The van der Waals surface area contributed by atoms with Gasteiger partial charge in [-0.1, -0.05) is 31.2 Å². The summed E-state index contributed by atoms with van der Waals surface area (Å²) in [6.45, 7) is 2.73. The minimum absolute atomic E-state index is 0.0767. The van der Waals surface area contributed by atoms with Crippen LogP contribution in [0.25, 0.3) is 0 Å². The molecule has 1 amide bonds. The van der Waals surface area contributed by atoms with Gasteiger partial charge in [0, 0.05) is 4.47 Å². The van der Waals surface area contributed by atoms with Crippen LogP contribution in [0.15, 0.2) is 40.9 Å². The fourth-order valence-electron chi connectivity index (χ4n) is 3.94. The average molecular weight is 392 g/mol. The standard InChI is InChI=1S/C18H18BrNO4/c1-2-9-23-17(22)14-13-7-8-18(24-13)10-20(16(21)15(14)18)12-6-4-3-5-11(12)19/h3-8,13-15H,2,9-10H2,1H3/t13-,14+,15-,18+/m1/s1. The van der Waals surface area contributed by atoms with Gasteiger partial charge < -0.3 is 14.4 Å². The first-order valence-electron chi connectivity index (χ1n) is 8.17. The second-order valence-corrected chi connectivity index (χ2v) is 7.30. The van der Waals surface area contributed by atoms with E-state index >= 15 is 0 Å². The third-order valence-electron chi connectivity index (χ3n) is 4.96. The number of hydrogen-bond acceptors (Lipinski definition) is 4. The monoisotopic (exact) mass is 391 g/mol. The van der Waals surface area contributed by atoms with Gasteiger partial charge in [0.1, 0.15) is 11.5 Å². The van der Waals surface area contributed by atoms with Crippen LogP contribution in [0.2, 0.25) is 0 Å². The van der Waals surface area contributed by atoms with Crippen molar-refractivity contribution >= 4 is 33.5 Å². The molecule has 3 aliphatic rings. The molecule has 1 spiro atoms. The number of esters is 1. The molecule has 1 aromatic rings. The molecule has 2 bridgehead atoms. The average Bonchev–Trinajstić information content (AvgIpc) is 3.21. The first-order chi connectivity index (χ1) is 11.6. The van der Waals surface area contributed by atoms with Crippen molar-refractivity contribution < 1.29 is 19.1 Å². The van der Waals surface area contributed by atoms with Gasteiger partial charge in [-0.2, -0.15) is 0 Å². The van der Waals surface area contributed by atoms with Gasteiger partial charge in [0.05, 0.1) is 30.9 Å². The molecule has 5 nitrogen and oxygen atoms in total. The van der Waals surface area contributed by atoms with E-state index in [0.29, 0.717) is 13.2 Å². The number of carbonyl (C=O) groups is 2. The van der Waals surface area contributed by atoms with Gasteiger partial charge in [-0.05, 0) is 34.5 Å². The van der Waals surface area contributed by atoms with Crippen LogP contribution in [0, 0.1) is 11.8 Å². The molecule has 24 heavy (non-hydrogen) atoms. The number of nitrogens with zero attached hydrogens (tertiary/aromatic N) is 1. The summed E-state index contributed by atoms with van der Waals surface area (Å²) in [5, 5.41) is 0. The third kappa shape index (κ3) is 2.16. The Bertz CT molecular complexity index is 733. The summed E-state index contributed by atoms with van der Waals surface area (Å²) in [4.78, 5) is 27.3. The second-order valence-electron chi connectivity index (χ2n) is 6.44. The van der Waals surface area contributed by atoms with Crippen molar-refractivity contribution in [2.24, 2.45) is 11.8 Å². The van der Waals surface area contributed by atoms with Crippen LogP contribution in [-0.2, 0) is 19.1 Å². The Morgan fingerprint density at radius 3 is 3.00 bits per heavy atom. The maximum atomic E-state index is 13.1. The minimum atomic E-state index is -0.715. The number of amides is 1. The molecular formula is C18H18BrNO4. The lowest BCUT2D eigenvalue weighted by atomic mass is 9.77. The zero-order valence-corrected chi connectivity index (χ0v) is 14.9. The second kappa shape index (κ2) is 5.70. The molecule has 4 rings (SSSR count). The van der Waals surface area contributed by atoms with Crippen molar-refractivity contribution in [3.05, 3.63) is 40.9 Å². The number of carbonyl (C=O) groups excluding carboxylic acids is 2. The summed E-state index contributed by atoms with van der Waals surface area (Å²) in [5.41, 5.74) is 0.0832. The number of anilines is 1. The quantitative estimate of drug-likeness (QED) is 0.584. The number of hydrogen-bond donors (Lipinski definition) is 0. The summed E-state index contributed by atoms with van der Waals surface area (Å²) in [6.07, 6.45) is 4.24. The molecule has 126 valence electrons. The van der Waals surface area contributed by atoms with Crippen LogP contribution in [0.1, 0.15) is 13.3 Å². The highest BCUT2D eigenvalue weighted by Crippen LogP contribution is 2.53. The van der Waals surface area contributed by atoms with Crippen LogP contribution >= 0.6 is 15.9 Å². The normalized spacial score (nSPS) is 33.2. The molecule has 3 heterocycles. The molecule has 0 aromatic heterocycles. The van der Waals surface area contributed by atoms with Crippen molar-refractivity contribution in [1.29, 1.82) is 0 Å². The lowest BCUT2D eigenvalue weighted by Crippen LogP contribution is -2.40. The first kappa shape index (κ1) is 15.8. The number of benzene rings is 1. The molecule has 0 unspecified atom stereocenters. The summed E-state index contributed by atoms with van der Waals surface area (Å²) in [7, 11) is 0.